The van der Waals surface area contributed by atoms with Crippen LogP contribution in [-0.2, 0) is 14.3 Å². The summed E-state index contributed by atoms with van der Waals surface area (Å²) < 4.78 is 5.44. The summed E-state index contributed by atoms with van der Waals surface area (Å²) in [6.07, 6.45) is 58.9. The van der Waals surface area contributed by atoms with Crippen molar-refractivity contribution in [3.8, 4) is 0 Å². The third-order valence-corrected chi connectivity index (χ3v) is 12.2. The van der Waals surface area contributed by atoms with E-state index in [1.54, 1.807) is 6.08 Å². The van der Waals surface area contributed by atoms with Gasteiger partial charge in [-0.15, -0.1) is 0 Å². The Kier molecular flexibility index (Phi) is 48.6. The SMILES string of the molecule is CCCCCCCCCCCCCCCC/C=C/C(O)C(CO)NC(=O)CCCCCCCCC/C=C\CCCCCCOC(=O)CCCCCCCCCCCCCC. The van der Waals surface area contributed by atoms with Crippen molar-refractivity contribution in [1.82, 2.24) is 5.32 Å². The van der Waals surface area contributed by atoms with Gasteiger partial charge in [-0.2, -0.15) is 0 Å². The van der Waals surface area contributed by atoms with E-state index >= 15 is 0 Å². The largest absolute Gasteiger partial charge is 0.466 e. The van der Waals surface area contributed by atoms with Crippen LogP contribution in [0, 0.1) is 0 Å². The van der Waals surface area contributed by atoms with Crippen molar-refractivity contribution in [3.05, 3.63) is 24.3 Å². The minimum Gasteiger partial charge on any atom is -0.466 e. The van der Waals surface area contributed by atoms with Crippen molar-refractivity contribution < 1.29 is 24.5 Å². The zero-order valence-corrected chi connectivity index (χ0v) is 40.2. The molecule has 354 valence electrons. The smallest absolute Gasteiger partial charge is 0.305 e. The molecule has 0 rings (SSSR count). The molecule has 0 heterocycles. The summed E-state index contributed by atoms with van der Waals surface area (Å²) in [5, 5.41) is 23.1. The highest BCUT2D eigenvalue weighted by molar-refractivity contribution is 5.76. The highest BCUT2D eigenvalue weighted by Gasteiger charge is 2.18. The molecule has 60 heavy (non-hydrogen) atoms. The highest BCUT2D eigenvalue weighted by atomic mass is 16.5. The summed E-state index contributed by atoms with van der Waals surface area (Å²) in [7, 11) is 0. The summed E-state index contributed by atoms with van der Waals surface area (Å²) >= 11 is 0. The van der Waals surface area contributed by atoms with Gasteiger partial charge in [0, 0.05) is 12.8 Å². The van der Waals surface area contributed by atoms with Crippen LogP contribution in [0.5, 0.6) is 0 Å². The van der Waals surface area contributed by atoms with Gasteiger partial charge in [0.1, 0.15) is 0 Å². The van der Waals surface area contributed by atoms with E-state index < -0.39 is 12.1 Å². The number of amides is 1. The molecule has 0 aromatic rings. The van der Waals surface area contributed by atoms with Gasteiger partial charge in [-0.05, 0) is 57.8 Å². The van der Waals surface area contributed by atoms with Gasteiger partial charge in [0.25, 0.3) is 0 Å². The molecule has 0 saturated heterocycles. The summed E-state index contributed by atoms with van der Waals surface area (Å²) in [6, 6.07) is -0.638. The van der Waals surface area contributed by atoms with Crippen LogP contribution in [0.4, 0.5) is 0 Å². The maximum Gasteiger partial charge on any atom is 0.305 e. The van der Waals surface area contributed by atoms with E-state index in [4.69, 9.17) is 4.74 Å². The first kappa shape index (κ1) is 58.3. The predicted molar refractivity (Wildman–Crippen MR) is 260 cm³/mol. The fourth-order valence-electron chi connectivity index (χ4n) is 8.10. The first-order valence-electron chi connectivity index (χ1n) is 26.6. The van der Waals surface area contributed by atoms with E-state index in [0.29, 0.717) is 19.4 Å². The van der Waals surface area contributed by atoms with Crippen LogP contribution in [-0.4, -0.2) is 47.4 Å². The Morgan fingerprint density at radius 2 is 0.783 bits per heavy atom. The van der Waals surface area contributed by atoms with E-state index in [-0.39, 0.29) is 18.5 Å². The van der Waals surface area contributed by atoms with Gasteiger partial charge in [0.05, 0.1) is 25.4 Å². The van der Waals surface area contributed by atoms with Crippen LogP contribution in [0.15, 0.2) is 24.3 Å². The number of aliphatic hydroxyl groups is 2. The second kappa shape index (κ2) is 50.0. The molecule has 0 saturated carbocycles. The van der Waals surface area contributed by atoms with Crippen LogP contribution in [0.1, 0.15) is 284 Å². The van der Waals surface area contributed by atoms with Gasteiger partial charge in [-0.25, -0.2) is 0 Å². The van der Waals surface area contributed by atoms with Gasteiger partial charge >= 0.3 is 5.97 Å². The van der Waals surface area contributed by atoms with Gasteiger partial charge in [-0.1, -0.05) is 237 Å². The van der Waals surface area contributed by atoms with E-state index in [0.717, 1.165) is 70.6 Å². The van der Waals surface area contributed by atoms with E-state index in [2.05, 4.69) is 31.3 Å². The summed E-state index contributed by atoms with van der Waals surface area (Å²) in [5.74, 6) is -0.0929. The molecule has 0 bridgehead atoms. The number of nitrogens with one attached hydrogen (secondary N) is 1. The molecule has 1 amide bonds. The average molecular weight is 846 g/mol. The second-order valence-corrected chi connectivity index (χ2v) is 18.2. The zero-order chi connectivity index (χ0) is 43.7. The average Bonchev–Trinajstić information content (AvgIpc) is 3.25. The molecule has 0 aliphatic carbocycles. The molecule has 0 aliphatic heterocycles. The van der Waals surface area contributed by atoms with Crippen LogP contribution < -0.4 is 5.32 Å². The number of hydrogen-bond donors (Lipinski definition) is 3. The lowest BCUT2D eigenvalue weighted by atomic mass is 10.0. The summed E-state index contributed by atoms with van der Waals surface area (Å²) in [6.45, 7) is 4.87. The minimum atomic E-state index is -0.853. The topological polar surface area (TPSA) is 95.9 Å². The second-order valence-electron chi connectivity index (χ2n) is 18.2. The Bertz CT molecular complexity index is 935. The molecule has 2 unspecified atom stereocenters. The van der Waals surface area contributed by atoms with Crippen LogP contribution >= 0.6 is 0 Å². The van der Waals surface area contributed by atoms with Gasteiger partial charge in [-0.3, -0.25) is 9.59 Å². The normalized spacial score (nSPS) is 12.8. The van der Waals surface area contributed by atoms with Crippen molar-refractivity contribution in [2.45, 2.75) is 296 Å². The monoisotopic (exact) mass is 846 g/mol. The Morgan fingerprint density at radius 1 is 0.450 bits per heavy atom. The summed E-state index contributed by atoms with van der Waals surface area (Å²) in [4.78, 5) is 24.4. The maximum atomic E-state index is 12.4. The van der Waals surface area contributed by atoms with Crippen molar-refractivity contribution in [2.24, 2.45) is 0 Å². The van der Waals surface area contributed by atoms with Crippen LogP contribution in [0.3, 0.4) is 0 Å². The standard InChI is InChI=1S/C54H103NO5/c1-3-5-7-9-11-13-15-17-18-20-23-26-30-34-38-42-46-52(57)51(50-56)55-53(58)47-43-39-35-31-27-24-21-19-22-25-29-33-37-41-45-49-60-54(59)48-44-40-36-32-28-16-14-12-10-8-6-4-2/h22,25,42,46,51-52,56-57H,3-21,23-24,26-41,43-45,47-50H2,1-2H3,(H,55,58)/b25-22-,46-42+. The van der Waals surface area contributed by atoms with Crippen molar-refractivity contribution in [2.75, 3.05) is 13.2 Å². The first-order valence-corrected chi connectivity index (χ1v) is 26.6. The lowest BCUT2D eigenvalue weighted by Crippen LogP contribution is -2.45. The quantitative estimate of drug-likeness (QED) is 0.0322. The number of aliphatic hydroxyl groups excluding tert-OH is 2. The Morgan fingerprint density at radius 3 is 1.18 bits per heavy atom. The van der Waals surface area contributed by atoms with Gasteiger partial charge in [0.2, 0.25) is 5.91 Å². The molecule has 6 heteroatoms. The van der Waals surface area contributed by atoms with Crippen molar-refractivity contribution >= 4 is 11.9 Å². The lowest BCUT2D eigenvalue weighted by molar-refractivity contribution is -0.143. The Hall–Kier alpha value is -1.66. The molecule has 0 aliphatic rings. The van der Waals surface area contributed by atoms with Crippen LogP contribution in [0.25, 0.3) is 0 Å². The first-order chi connectivity index (χ1) is 29.5. The number of ether oxygens (including phenoxy) is 1. The van der Waals surface area contributed by atoms with Crippen molar-refractivity contribution in [1.29, 1.82) is 0 Å². The lowest BCUT2D eigenvalue weighted by Gasteiger charge is -2.20. The molecule has 0 aromatic heterocycles. The third kappa shape index (κ3) is 45.9. The molecule has 0 fully saturated rings. The van der Waals surface area contributed by atoms with Gasteiger partial charge < -0.3 is 20.3 Å². The van der Waals surface area contributed by atoms with Gasteiger partial charge in [0.15, 0.2) is 0 Å². The molecular weight excluding hydrogens is 743 g/mol. The Labute approximate surface area is 373 Å². The summed E-state index contributed by atoms with van der Waals surface area (Å²) in [5.41, 5.74) is 0. The highest BCUT2D eigenvalue weighted by Crippen LogP contribution is 2.16. The number of allylic oxidation sites excluding steroid dienone is 3. The zero-order valence-electron chi connectivity index (χ0n) is 40.2. The van der Waals surface area contributed by atoms with E-state index in [9.17, 15) is 19.8 Å². The molecule has 0 aromatic carbocycles. The van der Waals surface area contributed by atoms with Crippen LogP contribution in [0.2, 0.25) is 0 Å². The molecule has 0 radical (unpaired) electrons. The number of esters is 1. The van der Waals surface area contributed by atoms with E-state index in [1.807, 2.05) is 6.08 Å². The predicted octanol–water partition coefficient (Wildman–Crippen LogP) is 15.9. The minimum absolute atomic E-state index is 0.0107. The molecule has 2 atom stereocenters. The number of rotatable bonds is 49. The number of hydrogen-bond acceptors (Lipinski definition) is 5. The number of carbonyl (C=O) groups excluding carboxylic acids is 2. The van der Waals surface area contributed by atoms with Crippen molar-refractivity contribution in [3.63, 3.8) is 0 Å². The molecule has 6 nitrogen and oxygen atoms in total. The fourth-order valence-corrected chi connectivity index (χ4v) is 8.10. The Balaban J connectivity index is 3.51. The fraction of sp³-hybridized carbons (Fsp3) is 0.889. The number of unbranched alkanes of at least 4 members (excludes halogenated alkanes) is 36. The molecular formula is C54H103NO5. The maximum absolute atomic E-state index is 12.4. The molecule has 3 N–H and O–H groups in total. The number of carbonyl (C=O) groups is 2. The molecule has 0 spiro atoms. The van der Waals surface area contributed by atoms with E-state index in [1.165, 1.54) is 186 Å². The third-order valence-electron chi connectivity index (χ3n) is 12.2.